The van der Waals surface area contributed by atoms with Gasteiger partial charge in [0.2, 0.25) is 12.9 Å². The maximum absolute atomic E-state index is 13.7. The van der Waals surface area contributed by atoms with E-state index in [2.05, 4.69) is 4.74 Å². The van der Waals surface area contributed by atoms with Crippen molar-refractivity contribution in [2.75, 3.05) is 20.0 Å². The van der Waals surface area contributed by atoms with E-state index in [1.807, 2.05) is 20.8 Å². The van der Waals surface area contributed by atoms with Gasteiger partial charge in [-0.25, -0.2) is 9.59 Å². The quantitative estimate of drug-likeness (QED) is 0.297. The van der Waals surface area contributed by atoms with E-state index in [1.54, 1.807) is 13.8 Å². The van der Waals surface area contributed by atoms with Crippen molar-refractivity contribution in [2.24, 2.45) is 5.41 Å². The highest BCUT2D eigenvalue weighted by Crippen LogP contribution is 2.42. The van der Waals surface area contributed by atoms with Gasteiger partial charge in [-0.1, -0.05) is 51.9 Å². The lowest BCUT2D eigenvalue weighted by molar-refractivity contribution is -1.07. The molecule has 1 aromatic carbocycles. The number of hydrogen-bond donors (Lipinski definition) is 2. The number of benzene rings is 1. The summed E-state index contributed by atoms with van der Waals surface area (Å²) in [7, 11) is 0. The summed E-state index contributed by atoms with van der Waals surface area (Å²) < 4.78 is 60.3. The van der Waals surface area contributed by atoms with Crippen LogP contribution >= 0.6 is 11.6 Å². The second-order valence-electron chi connectivity index (χ2n) is 9.57. The number of halogens is 4. The van der Waals surface area contributed by atoms with Crippen LogP contribution in [0.5, 0.6) is 5.75 Å². The highest BCUT2D eigenvalue weighted by Gasteiger charge is 2.49. The molecule has 35 heavy (non-hydrogen) atoms. The van der Waals surface area contributed by atoms with Gasteiger partial charge < -0.3 is 18.9 Å². The fourth-order valence-corrected chi connectivity index (χ4v) is 3.47. The zero-order valence-corrected chi connectivity index (χ0v) is 20.6. The second-order valence-corrected chi connectivity index (χ2v) is 9.98. The summed E-state index contributed by atoms with van der Waals surface area (Å²) in [5, 5.41) is 8.84. The summed E-state index contributed by atoms with van der Waals surface area (Å²) in [5.41, 5.74) is -0.735. The summed E-state index contributed by atoms with van der Waals surface area (Å²) in [5.74, 6) is -1.47. The highest BCUT2D eigenvalue weighted by atomic mass is 35.5. The molecular formula is C22H28ClF3NO8+. The number of carbonyl (C=O) groups is 2. The molecule has 1 heterocycles. The summed E-state index contributed by atoms with van der Waals surface area (Å²) >= 11 is 6.29. The predicted molar refractivity (Wildman–Crippen MR) is 115 cm³/mol. The molecule has 0 bridgehead atoms. The Kier molecular flexibility index (Phi) is 9.04. The minimum atomic E-state index is -4.93. The van der Waals surface area contributed by atoms with E-state index in [0.29, 0.717) is 16.2 Å². The summed E-state index contributed by atoms with van der Waals surface area (Å²) in [4.78, 5) is 28.8. The van der Waals surface area contributed by atoms with Crippen LogP contribution in [0.1, 0.15) is 45.7 Å². The van der Waals surface area contributed by atoms with Gasteiger partial charge in [0.15, 0.2) is 0 Å². The molecule has 3 N–H and O–H groups in total. The standard InChI is InChI=1S/C22H28ClF3NO8/c1-20(2,3)14-8-16-12(7-15(14)23)6-13(17(35-16)22(24,25)26)18(28)32-11-33-19(29)31-9-21(4,5)10-34-27-30/h6-8,17,30H,9-11,27H2,1-5H3/q+1. The molecule has 0 amide bonds. The Balaban J connectivity index is 2.10. The molecule has 196 valence electrons. The van der Waals surface area contributed by atoms with Crippen molar-refractivity contribution in [2.45, 2.75) is 52.3 Å². The maximum Gasteiger partial charge on any atom is 0.511 e. The van der Waals surface area contributed by atoms with Crippen LogP contribution in [0.2, 0.25) is 5.02 Å². The molecule has 0 fully saturated rings. The van der Waals surface area contributed by atoms with Gasteiger partial charge in [0.1, 0.15) is 19.0 Å². The molecule has 1 aliphatic heterocycles. The van der Waals surface area contributed by atoms with Gasteiger partial charge in [-0.3, -0.25) is 0 Å². The number of rotatable bonds is 8. The van der Waals surface area contributed by atoms with E-state index in [1.165, 1.54) is 12.1 Å². The molecule has 13 heteroatoms. The Hall–Kier alpha value is -2.54. The topological polar surface area (TPSA) is 117 Å². The molecule has 9 nitrogen and oxygen atoms in total. The first-order chi connectivity index (χ1) is 16.0. The SMILES string of the molecule is CC(C)(CO[NH2+]O)COC(=O)OCOC(=O)C1=Cc2cc(Cl)c(C(C)(C)C)cc2OC1C(F)(F)F. The largest absolute Gasteiger partial charge is 0.511 e. The van der Waals surface area contributed by atoms with Crippen LogP contribution in [0, 0.1) is 5.41 Å². The fourth-order valence-electron chi connectivity index (χ4n) is 3.02. The molecule has 0 aromatic heterocycles. The van der Waals surface area contributed by atoms with Crippen molar-refractivity contribution in [1.82, 2.24) is 0 Å². The van der Waals surface area contributed by atoms with Gasteiger partial charge in [-0.15, -0.1) is 0 Å². The summed E-state index contributed by atoms with van der Waals surface area (Å²) in [6.45, 7) is 7.75. The van der Waals surface area contributed by atoms with E-state index >= 15 is 0 Å². The molecular weight excluding hydrogens is 499 g/mol. The number of nitrogens with two attached hydrogens (primary N) is 1. The van der Waals surface area contributed by atoms with Gasteiger partial charge in [0.25, 0.3) is 0 Å². The first-order valence-electron chi connectivity index (χ1n) is 10.4. The Morgan fingerprint density at radius 3 is 2.31 bits per heavy atom. The average Bonchev–Trinajstić information content (AvgIpc) is 2.73. The van der Waals surface area contributed by atoms with Gasteiger partial charge in [-0.2, -0.15) is 23.2 Å². The molecule has 2 rings (SSSR count). The van der Waals surface area contributed by atoms with Crippen LogP contribution in [0.25, 0.3) is 6.08 Å². The van der Waals surface area contributed by atoms with E-state index in [4.69, 9.17) is 35.9 Å². The zero-order valence-electron chi connectivity index (χ0n) is 19.8. The van der Waals surface area contributed by atoms with Crippen molar-refractivity contribution >= 4 is 29.8 Å². The first kappa shape index (κ1) is 28.7. The zero-order chi connectivity index (χ0) is 26.6. The Bertz CT molecular complexity index is 973. The van der Waals surface area contributed by atoms with Crippen LogP contribution in [0.3, 0.4) is 0 Å². The fraction of sp³-hybridized carbons (Fsp3) is 0.545. The van der Waals surface area contributed by atoms with Crippen LogP contribution in [0.15, 0.2) is 17.7 Å². The third-order valence-corrected chi connectivity index (χ3v) is 5.09. The second kappa shape index (κ2) is 11.0. The monoisotopic (exact) mass is 526 g/mol. The lowest BCUT2D eigenvalue weighted by atomic mass is 9.85. The lowest BCUT2D eigenvalue weighted by Crippen LogP contribution is -2.80. The normalized spacial score (nSPS) is 16.1. The molecule has 0 spiro atoms. The minimum Gasteiger partial charge on any atom is -0.475 e. The van der Waals surface area contributed by atoms with Crippen LogP contribution in [0.4, 0.5) is 18.0 Å². The molecule has 0 saturated carbocycles. The highest BCUT2D eigenvalue weighted by molar-refractivity contribution is 6.31. The Morgan fingerprint density at radius 2 is 1.74 bits per heavy atom. The van der Waals surface area contributed by atoms with Gasteiger partial charge in [-0.05, 0) is 29.2 Å². The molecule has 0 radical (unpaired) electrons. The van der Waals surface area contributed by atoms with Gasteiger partial charge >= 0.3 is 18.3 Å². The maximum atomic E-state index is 13.7. The van der Waals surface area contributed by atoms with Gasteiger partial charge in [0.05, 0.1) is 5.57 Å². The van der Waals surface area contributed by atoms with Crippen LogP contribution in [-0.4, -0.2) is 49.6 Å². The molecule has 0 saturated heterocycles. The van der Waals surface area contributed by atoms with Crippen molar-refractivity contribution in [3.05, 3.63) is 33.9 Å². The average molecular weight is 527 g/mol. The number of carbonyl (C=O) groups excluding carboxylic acids is 2. The van der Waals surface area contributed by atoms with Crippen molar-refractivity contribution in [3.63, 3.8) is 0 Å². The summed E-state index contributed by atoms with van der Waals surface area (Å²) in [6, 6.07) is 2.82. The smallest absolute Gasteiger partial charge is 0.475 e. The lowest BCUT2D eigenvalue weighted by Gasteiger charge is -2.30. The summed E-state index contributed by atoms with van der Waals surface area (Å²) in [6.07, 6.45) is -7.75. The van der Waals surface area contributed by atoms with Crippen molar-refractivity contribution in [3.8, 4) is 5.75 Å². The Labute approximate surface area is 205 Å². The Morgan fingerprint density at radius 1 is 1.09 bits per heavy atom. The van der Waals surface area contributed by atoms with E-state index in [0.717, 1.165) is 6.08 Å². The van der Waals surface area contributed by atoms with E-state index in [9.17, 15) is 22.8 Å². The van der Waals surface area contributed by atoms with Crippen molar-refractivity contribution in [1.29, 1.82) is 0 Å². The molecule has 1 aliphatic rings. The predicted octanol–water partition coefficient (Wildman–Crippen LogP) is 3.91. The van der Waals surface area contributed by atoms with E-state index < -0.39 is 47.6 Å². The van der Waals surface area contributed by atoms with Crippen molar-refractivity contribution < 1.29 is 57.4 Å². The number of quaternary nitrogens is 1. The third kappa shape index (κ3) is 7.99. The van der Waals surface area contributed by atoms with Crippen LogP contribution < -0.4 is 10.4 Å². The molecule has 1 atom stereocenters. The van der Waals surface area contributed by atoms with Gasteiger partial charge in [0, 0.05) is 16.0 Å². The van der Waals surface area contributed by atoms with Crippen LogP contribution in [-0.2, 0) is 29.3 Å². The number of hydrogen-bond acceptors (Lipinski definition) is 8. The molecule has 1 unspecified atom stereocenters. The molecule has 0 aliphatic carbocycles. The minimum absolute atomic E-state index is 0.0293. The van der Waals surface area contributed by atoms with E-state index in [-0.39, 0.29) is 24.5 Å². The number of esters is 1. The third-order valence-electron chi connectivity index (χ3n) is 4.77. The number of ether oxygens (including phenoxy) is 4. The first-order valence-corrected chi connectivity index (χ1v) is 10.8. The molecule has 1 aromatic rings. The number of fused-ring (bicyclic) bond motifs is 1. The number of alkyl halides is 3.